The quantitative estimate of drug-likeness (QED) is 0.546. The number of halogens is 3. The summed E-state index contributed by atoms with van der Waals surface area (Å²) >= 11 is 0. The Balaban J connectivity index is 1.57. The molecule has 1 heterocycles. The second-order valence-electron chi connectivity index (χ2n) is 9.18. The topological polar surface area (TPSA) is 48.1 Å². The smallest absolute Gasteiger partial charge is 0.416 e. The van der Waals surface area contributed by atoms with Crippen molar-refractivity contribution in [1.29, 1.82) is 0 Å². The summed E-state index contributed by atoms with van der Waals surface area (Å²) in [5.74, 6) is 0.843. The van der Waals surface area contributed by atoms with Crippen LogP contribution in [0.4, 0.5) is 23.7 Å². The van der Waals surface area contributed by atoms with Crippen molar-refractivity contribution in [2.24, 2.45) is 0 Å². The average molecular weight is 493 g/mol. The predicted octanol–water partition coefficient (Wildman–Crippen LogP) is 4.82. The van der Waals surface area contributed by atoms with Crippen LogP contribution in [0.15, 0.2) is 48.5 Å². The number of amides is 2. The second-order valence-corrected chi connectivity index (χ2v) is 9.18. The molecule has 3 rings (SSSR count). The summed E-state index contributed by atoms with van der Waals surface area (Å²) in [6.45, 7) is 3.86. The molecule has 9 heteroatoms. The molecule has 0 spiro atoms. The van der Waals surface area contributed by atoms with E-state index in [4.69, 9.17) is 4.74 Å². The molecule has 0 saturated carbocycles. The van der Waals surface area contributed by atoms with Gasteiger partial charge in [0.2, 0.25) is 0 Å². The number of urea groups is 1. The molecule has 2 amide bonds. The van der Waals surface area contributed by atoms with Crippen molar-refractivity contribution in [3.8, 4) is 5.75 Å². The first-order valence-electron chi connectivity index (χ1n) is 11.9. The number of alkyl halides is 3. The highest BCUT2D eigenvalue weighted by molar-refractivity contribution is 5.89. The van der Waals surface area contributed by atoms with Gasteiger partial charge in [0.15, 0.2) is 0 Å². The number of benzene rings is 2. The van der Waals surface area contributed by atoms with Gasteiger partial charge in [-0.15, -0.1) is 0 Å². The van der Waals surface area contributed by atoms with Crippen molar-refractivity contribution < 1.29 is 22.7 Å². The van der Waals surface area contributed by atoms with Gasteiger partial charge in [-0.25, -0.2) is 4.79 Å². The lowest BCUT2D eigenvalue weighted by atomic mass is 10.0. The van der Waals surface area contributed by atoms with Gasteiger partial charge in [-0.2, -0.15) is 13.2 Å². The Hall–Kier alpha value is -2.78. The van der Waals surface area contributed by atoms with Crippen molar-refractivity contribution in [3.05, 3.63) is 59.7 Å². The van der Waals surface area contributed by atoms with Crippen LogP contribution in [0.2, 0.25) is 0 Å². The summed E-state index contributed by atoms with van der Waals surface area (Å²) in [6, 6.07) is 12.5. The third-order valence-corrected chi connectivity index (χ3v) is 6.36. The molecule has 35 heavy (non-hydrogen) atoms. The van der Waals surface area contributed by atoms with E-state index in [0.717, 1.165) is 56.8 Å². The fraction of sp³-hybridized carbons (Fsp3) is 0.500. The number of likely N-dealkylation sites (N-methyl/N-ethyl adjacent to an activating group) is 1. The van der Waals surface area contributed by atoms with E-state index in [-0.39, 0.29) is 17.8 Å². The van der Waals surface area contributed by atoms with Crippen LogP contribution in [0.5, 0.6) is 5.75 Å². The number of nitrogens with zero attached hydrogens (tertiary/aromatic N) is 3. The molecule has 192 valence electrons. The molecule has 0 unspecified atom stereocenters. The first-order valence-corrected chi connectivity index (χ1v) is 11.9. The zero-order valence-electron chi connectivity index (χ0n) is 20.6. The summed E-state index contributed by atoms with van der Waals surface area (Å²) in [4.78, 5) is 19.3. The van der Waals surface area contributed by atoms with E-state index in [1.54, 1.807) is 12.0 Å². The number of hydrogen-bond donors (Lipinski definition) is 1. The predicted molar refractivity (Wildman–Crippen MR) is 132 cm³/mol. The van der Waals surface area contributed by atoms with Crippen molar-refractivity contribution in [1.82, 2.24) is 14.7 Å². The van der Waals surface area contributed by atoms with Gasteiger partial charge >= 0.3 is 12.2 Å². The number of nitrogens with one attached hydrogen (secondary N) is 1. The Labute approximate surface area is 205 Å². The van der Waals surface area contributed by atoms with Crippen LogP contribution in [0.1, 0.15) is 24.0 Å². The molecule has 0 aromatic heterocycles. The lowest BCUT2D eigenvalue weighted by Gasteiger charge is -2.39. The summed E-state index contributed by atoms with van der Waals surface area (Å²) in [7, 11) is 5.52. The molecule has 6 nitrogen and oxygen atoms in total. The van der Waals surface area contributed by atoms with Gasteiger partial charge in [0.1, 0.15) is 5.75 Å². The number of piperidine rings is 1. The van der Waals surface area contributed by atoms with Crippen LogP contribution in [0, 0.1) is 0 Å². The van der Waals surface area contributed by atoms with Crippen LogP contribution in [-0.2, 0) is 12.6 Å². The number of carbonyl (C=O) groups is 1. The lowest BCUT2D eigenvalue weighted by molar-refractivity contribution is -0.137. The molecule has 1 aliphatic rings. The zero-order chi connectivity index (χ0) is 25.4. The zero-order valence-corrected chi connectivity index (χ0v) is 20.6. The summed E-state index contributed by atoms with van der Waals surface area (Å²) in [6.07, 6.45) is -1.86. The van der Waals surface area contributed by atoms with E-state index in [0.29, 0.717) is 13.1 Å². The Morgan fingerprint density at radius 3 is 2.37 bits per heavy atom. The number of anilines is 1. The number of hydrogen-bond acceptors (Lipinski definition) is 4. The maximum atomic E-state index is 13.1. The van der Waals surface area contributed by atoms with Crippen molar-refractivity contribution >= 4 is 11.7 Å². The van der Waals surface area contributed by atoms with Gasteiger partial charge < -0.3 is 24.8 Å². The first kappa shape index (κ1) is 26.8. The van der Waals surface area contributed by atoms with E-state index < -0.39 is 11.7 Å². The van der Waals surface area contributed by atoms with Gasteiger partial charge in [0.05, 0.1) is 12.7 Å². The van der Waals surface area contributed by atoms with Crippen LogP contribution < -0.4 is 10.1 Å². The average Bonchev–Trinajstić information content (AvgIpc) is 2.83. The molecule has 0 radical (unpaired) electrons. The minimum atomic E-state index is -4.45. The van der Waals surface area contributed by atoms with Crippen LogP contribution in [-0.4, -0.2) is 80.7 Å². The number of methoxy groups -OCH3 is 1. The maximum Gasteiger partial charge on any atom is 0.416 e. The standard InChI is InChI=1S/C26H35F3N4O2/c1-31(2)17-18-33(25(34)30-22-6-4-5-21(19-22)26(27,28)29)23-12-15-32(16-13-23)14-11-20-7-9-24(35-3)10-8-20/h4-10,19,23H,11-18H2,1-3H3,(H,30,34). The van der Waals surface area contributed by atoms with E-state index in [1.165, 1.54) is 17.7 Å². The molecule has 0 aliphatic carbocycles. The Morgan fingerprint density at radius 2 is 1.77 bits per heavy atom. The van der Waals surface area contributed by atoms with Gasteiger partial charge in [-0.3, -0.25) is 0 Å². The molecule has 0 atom stereocenters. The van der Waals surface area contributed by atoms with Gasteiger partial charge in [-0.05, 0) is 69.3 Å². The highest BCUT2D eigenvalue weighted by atomic mass is 19.4. The minimum absolute atomic E-state index is 0.0398. The molecule has 0 bridgehead atoms. The van der Waals surface area contributed by atoms with Gasteiger partial charge in [-0.1, -0.05) is 18.2 Å². The first-order chi connectivity index (χ1) is 16.7. The number of ether oxygens (including phenoxy) is 1. The number of likely N-dealkylation sites (tertiary alicyclic amines) is 1. The molecule has 2 aromatic rings. The highest BCUT2D eigenvalue weighted by Gasteiger charge is 2.31. The Morgan fingerprint density at radius 1 is 1.09 bits per heavy atom. The third-order valence-electron chi connectivity index (χ3n) is 6.36. The molecule has 1 fully saturated rings. The summed E-state index contributed by atoms with van der Waals surface area (Å²) in [5, 5.41) is 2.69. The van der Waals surface area contributed by atoms with Gasteiger partial charge in [0, 0.05) is 44.5 Å². The second kappa shape index (κ2) is 12.3. The van der Waals surface area contributed by atoms with Crippen molar-refractivity contribution in [2.75, 3.05) is 59.2 Å². The minimum Gasteiger partial charge on any atom is -0.497 e. The van der Waals surface area contributed by atoms with E-state index in [1.807, 2.05) is 31.1 Å². The molecular weight excluding hydrogens is 457 g/mol. The Kier molecular flexibility index (Phi) is 9.40. The van der Waals surface area contributed by atoms with Crippen LogP contribution >= 0.6 is 0 Å². The van der Waals surface area contributed by atoms with Crippen LogP contribution in [0.3, 0.4) is 0 Å². The molecule has 1 N–H and O–H groups in total. The van der Waals surface area contributed by atoms with E-state index in [2.05, 4.69) is 22.3 Å². The SMILES string of the molecule is COc1ccc(CCN2CCC(N(CCN(C)C)C(=O)Nc3cccc(C(F)(F)F)c3)CC2)cc1. The van der Waals surface area contributed by atoms with Crippen LogP contribution in [0.25, 0.3) is 0 Å². The third kappa shape index (κ3) is 8.14. The van der Waals surface area contributed by atoms with E-state index >= 15 is 0 Å². The number of carbonyl (C=O) groups excluding carboxylic acids is 1. The monoisotopic (exact) mass is 492 g/mol. The molecule has 1 aliphatic heterocycles. The van der Waals surface area contributed by atoms with E-state index in [9.17, 15) is 18.0 Å². The molecule has 1 saturated heterocycles. The lowest BCUT2D eigenvalue weighted by Crippen LogP contribution is -2.50. The van der Waals surface area contributed by atoms with Gasteiger partial charge in [0.25, 0.3) is 0 Å². The number of rotatable bonds is 9. The Bertz CT molecular complexity index is 942. The summed E-state index contributed by atoms with van der Waals surface area (Å²) in [5.41, 5.74) is 0.623. The normalized spacial score (nSPS) is 15.3. The van der Waals surface area contributed by atoms with Crippen molar-refractivity contribution in [3.63, 3.8) is 0 Å². The highest BCUT2D eigenvalue weighted by Crippen LogP contribution is 2.31. The maximum absolute atomic E-state index is 13.1. The fourth-order valence-corrected chi connectivity index (χ4v) is 4.26. The molecular formula is C26H35F3N4O2. The molecule has 2 aromatic carbocycles. The van der Waals surface area contributed by atoms with Crippen molar-refractivity contribution in [2.45, 2.75) is 31.5 Å². The summed E-state index contributed by atoms with van der Waals surface area (Å²) < 4.78 is 44.4. The fourth-order valence-electron chi connectivity index (χ4n) is 4.26. The largest absolute Gasteiger partial charge is 0.497 e.